The van der Waals surface area contributed by atoms with Crippen LogP contribution in [0.5, 0.6) is 5.75 Å². The van der Waals surface area contributed by atoms with Gasteiger partial charge in [-0.3, -0.25) is 0 Å². The number of nitrogens with two attached hydrogens (primary N) is 1. The molecule has 0 aliphatic rings. The standard InChI is InChI=1S/C21H23N5O/c1-27-15-6-7-16-14(13-15)5-8-17-19(16)25-18-9-12-24-21(20(18)26-17)23-11-4-2-3-10-22/h5-9,12-13H,2-4,10-11,22H2,1H3,(H,23,24). The summed E-state index contributed by atoms with van der Waals surface area (Å²) in [4.78, 5) is 14.2. The third-order valence-corrected chi connectivity index (χ3v) is 4.72. The minimum absolute atomic E-state index is 0.740. The van der Waals surface area contributed by atoms with Crippen LogP contribution >= 0.6 is 0 Å². The number of anilines is 1. The lowest BCUT2D eigenvalue weighted by molar-refractivity contribution is 0.415. The number of hydrogen-bond acceptors (Lipinski definition) is 6. The summed E-state index contributed by atoms with van der Waals surface area (Å²) in [6, 6.07) is 12.0. The van der Waals surface area contributed by atoms with Gasteiger partial charge in [-0.25, -0.2) is 15.0 Å². The van der Waals surface area contributed by atoms with E-state index in [4.69, 9.17) is 20.4 Å². The zero-order chi connectivity index (χ0) is 18.6. The highest BCUT2D eigenvalue weighted by molar-refractivity contribution is 6.07. The average molecular weight is 361 g/mol. The van der Waals surface area contributed by atoms with E-state index in [1.54, 1.807) is 13.3 Å². The van der Waals surface area contributed by atoms with E-state index in [-0.39, 0.29) is 0 Å². The number of unbranched alkanes of at least 4 members (excludes halogenated alkanes) is 2. The van der Waals surface area contributed by atoms with Crippen molar-refractivity contribution in [3.63, 3.8) is 0 Å². The predicted octanol–water partition coefficient (Wildman–Crippen LogP) is 3.88. The fraction of sp³-hybridized carbons (Fsp3) is 0.286. The lowest BCUT2D eigenvalue weighted by atomic mass is 10.1. The number of pyridine rings is 1. The Morgan fingerprint density at radius 2 is 1.81 bits per heavy atom. The predicted molar refractivity (Wildman–Crippen MR) is 110 cm³/mol. The molecule has 0 saturated carbocycles. The molecule has 0 aliphatic heterocycles. The number of nitrogens with zero attached hydrogens (tertiary/aromatic N) is 3. The van der Waals surface area contributed by atoms with Gasteiger partial charge in [0.2, 0.25) is 0 Å². The molecule has 4 aromatic rings. The Morgan fingerprint density at radius 1 is 0.963 bits per heavy atom. The van der Waals surface area contributed by atoms with Gasteiger partial charge in [0.15, 0.2) is 5.82 Å². The Hall–Kier alpha value is -2.99. The summed E-state index contributed by atoms with van der Waals surface area (Å²) in [5.74, 6) is 1.62. The molecule has 0 atom stereocenters. The fourth-order valence-electron chi connectivity index (χ4n) is 3.28. The molecule has 0 fully saturated rings. The molecule has 0 saturated heterocycles. The zero-order valence-corrected chi connectivity index (χ0v) is 15.4. The van der Waals surface area contributed by atoms with Crippen molar-refractivity contribution in [1.82, 2.24) is 15.0 Å². The van der Waals surface area contributed by atoms with Crippen LogP contribution in [0, 0.1) is 0 Å². The average Bonchev–Trinajstić information content (AvgIpc) is 2.71. The number of nitrogens with one attached hydrogen (secondary N) is 1. The van der Waals surface area contributed by atoms with Crippen LogP contribution in [-0.4, -0.2) is 35.2 Å². The Balaban J connectivity index is 1.74. The second kappa shape index (κ2) is 7.72. The molecule has 0 spiro atoms. The van der Waals surface area contributed by atoms with Crippen LogP contribution < -0.4 is 15.8 Å². The van der Waals surface area contributed by atoms with Gasteiger partial charge in [-0.05, 0) is 55.1 Å². The van der Waals surface area contributed by atoms with Crippen molar-refractivity contribution in [2.24, 2.45) is 5.73 Å². The van der Waals surface area contributed by atoms with Gasteiger partial charge in [0.25, 0.3) is 0 Å². The van der Waals surface area contributed by atoms with Gasteiger partial charge in [0, 0.05) is 18.1 Å². The summed E-state index contributed by atoms with van der Waals surface area (Å²) in [6.45, 7) is 1.59. The molecule has 2 aromatic carbocycles. The fourth-order valence-corrected chi connectivity index (χ4v) is 3.28. The number of aromatic nitrogens is 3. The van der Waals surface area contributed by atoms with E-state index in [9.17, 15) is 0 Å². The number of hydrogen-bond donors (Lipinski definition) is 2. The van der Waals surface area contributed by atoms with E-state index in [0.717, 1.165) is 76.8 Å². The maximum absolute atomic E-state index is 5.55. The van der Waals surface area contributed by atoms with E-state index in [1.807, 2.05) is 30.3 Å². The first-order valence-corrected chi connectivity index (χ1v) is 9.27. The molecule has 0 radical (unpaired) electrons. The molecular weight excluding hydrogens is 338 g/mol. The van der Waals surface area contributed by atoms with Crippen molar-refractivity contribution in [3.05, 3.63) is 42.6 Å². The molecule has 27 heavy (non-hydrogen) atoms. The maximum atomic E-state index is 5.55. The van der Waals surface area contributed by atoms with Crippen molar-refractivity contribution in [2.75, 3.05) is 25.5 Å². The van der Waals surface area contributed by atoms with Gasteiger partial charge in [0.05, 0.1) is 23.7 Å². The van der Waals surface area contributed by atoms with Crippen LogP contribution in [0.15, 0.2) is 42.6 Å². The van der Waals surface area contributed by atoms with Crippen LogP contribution in [0.1, 0.15) is 19.3 Å². The van der Waals surface area contributed by atoms with Crippen molar-refractivity contribution >= 4 is 38.7 Å². The topological polar surface area (TPSA) is 86.0 Å². The smallest absolute Gasteiger partial charge is 0.154 e. The molecule has 0 aliphatic carbocycles. The van der Waals surface area contributed by atoms with Crippen molar-refractivity contribution in [1.29, 1.82) is 0 Å². The van der Waals surface area contributed by atoms with Crippen molar-refractivity contribution in [2.45, 2.75) is 19.3 Å². The maximum Gasteiger partial charge on any atom is 0.154 e. The number of rotatable bonds is 7. The Morgan fingerprint density at radius 3 is 2.67 bits per heavy atom. The molecule has 2 aromatic heterocycles. The Labute approximate surface area is 157 Å². The summed E-state index contributed by atoms with van der Waals surface area (Å²) in [6.07, 6.45) is 4.99. The highest BCUT2D eigenvalue weighted by Gasteiger charge is 2.10. The Kier molecular flexibility index (Phi) is 4.98. The van der Waals surface area contributed by atoms with Crippen LogP contribution in [0.4, 0.5) is 5.82 Å². The molecule has 6 nitrogen and oxygen atoms in total. The number of methoxy groups -OCH3 is 1. The number of fused-ring (bicyclic) bond motifs is 4. The molecular formula is C21H23N5O. The van der Waals surface area contributed by atoms with Crippen LogP contribution in [0.3, 0.4) is 0 Å². The summed E-state index contributed by atoms with van der Waals surface area (Å²) in [7, 11) is 1.67. The van der Waals surface area contributed by atoms with E-state index in [2.05, 4.69) is 16.4 Å². The van der Waals surface area contributed by atoms with E-state index < -0.39 is 0 Å². The van der Waals surface area contributed by atoms with Gasteiger partial charge in [-0.1, -0.05) is 12.5 Å². The lowest BCUT2D eigenvalue weighted by Crippen LogP contribution is -2.06. The van der Waals surface area contributed by atoms with E-state index in [0.29, 0.717) is 0 Å². The zero-order valence-electron chi connectivity index (χ0n) is 15.4. The van der Waals surface area contributed by atoms with Gasteiger partial charge in [0.1, 0.15) is 11.3 Å². The van der Waals surface area contributed by atoms with Crippen molar-refractivity contribution in [3.8, 4) is 5.75 Å². The van der Waals surface area contributed by atoms with E-state index in [1.165, 1.54) is 0 Å². The quantitative estimate of drug-likeness (QED) is 0.295. The van der Waals surface area contributed by atoms with Crippen LogP contribution in [0.2, 0.25) is 0 Å². The van der Waals surface area contributed by atoms with Gasteiger partial charge in [-0.2, -0.15) is 0 Å². The van der Waals surface area contributed by atoms with Gasteiger partial charge >= 0.3 is 0 Å². The molecule has 2 heterocycles. The summed E-state index contributed by atoms with van der Waals surface area (Å²) in [5.41, 5.74) is 8.94. The highest BCUT2D eigenvalue weighted by Crippen LogP contribution is 2.29. The SMILES string of the molecule is COc1ccc2c(ccc3nc4c(NCCCCCN)nccc4nc32)c1. The van der Waals surface area contributed by atoms with Gasteiger partial charge in [-0.15, -0.1) is 0 Å². The first-order chi connectivity index (χ1) is 13.3. The molecule has 0 unspecified atom stereocenters. The molecule has 0 bridgehead atoms. The summed E-state index contributed by atoms with van der Waals surface area (Å²) < 4.78 is 5.32. The monoisotopic (exact) mass is 361 g/mol. The number of benzene rings is 2. The molecule has 4 rings (SSSR count). The largest absolute Gasteiger partial charge is 0.497 e. The van der Waals surface area contributed by atoms with Gasteiger partial charge < -0.3 is 15.8 Å². The third-order valence-electron chi connectivity index (χ3n) is 4.72. The first-order valence-electron chi connectivity index (χ1n) is 9.27. The van der Waals surface area contributed by atoms with Crippen LogP contribution in [0.25, 0.3) is 32.8 Å². The minimum Gasteiger partial charge on any atom is -0.497 e. The molecule has 0 amide bonds. The molecule has 6 heteroatoms. The van der Waals surface area contributed by atoms with Crippen molar-refractivity contribution < 1.29 is 4.74 Å². The summed E-state index contributed by atoms with van der Waals surface area (Å²) >= 11 is 0. The first kappa shape index (κ1) is 17.4. The summed E-state index contributed by atoms with van der Waals surface area (Å²) in [5, 5.41) is 5.54. The third kappa shape index (κ3) is 3.48. The Bertz CT molecular complexity index is 1100. The van der Waals surface area contributed by atoms with E-state index >= 15 is 0 Å². The second-order valence-corrected chi connectivity index (χ2v) is 6.55. The lowest BCUT2D eigenvalue weighted by Gasteiger charge is -2.10. The molecule has 138 valence electrons. The molecule has 3 N–H and O–H groups in total. The number of ether oxygens (including phenoxy) is 1. The normalized spacial score (nSPS) is 11.3. The van der Waals surface area contributed by atoms with Crippen LogP contribution in [-0.2, 0) is 0 Å². The second-order valence-electron chi connectivity index (χ2n) is 6.55. The minimum atomic E-state index is 0.740. The highest BCUT2D eigenvalue weighted by atomic mass is 16.5.